The summed E-state index contributed by atoms with van der Waals surface area (Å²) in [5.74, 6) is -0.293. The van der Waals surface area contributed by atoms with Crippen LogP contribution in [0.15, 0.2) is 28.7 Å². The Kier molecular flexibility index (Phi) is 3.76. The van der Waals surface area contributed by atoms with E-state index in [1.165, 1.54) is 0 Å². The molecule has 2 nitrogen and oxygen atoms in total. The second-order valence-electron chi connectivity index (χ2n) is 5.12. The molecule has 1 aliphatic heterocycles. The van der Waals surface area contributed by atoms with Gasteiger partial charge in [0.1, 0.15) is 0 Å². The van der Waals surface area contributed by atoms with Crippen molar-refractivity contribution >= 4 is 21.8 Å². The van der Waals surface area contributed by atoms with Gasteiger partial charge in [0, 0.05) is 16.9 Å². The molecule has 4 heteroatoms. The van der Waals surface area contributed by atoms with E-state index in [1.54, 1.807) is 0 Å². The van der Waals surface area contributed by atoms with Crippen molar-refractivity contribution in [1.29, 1.82) is 0 Å². The summed E-state index contributed by atoms with van der Waals surface area (Å²) in [4.78, 5) is 12.1. The fourth-order valence-electron chi connectivity index (χ4n) is 2.67. The molecule has 1 amide bonds. The van der Waals surface area contributed by atoms with Gasteiger partial charge in [-0.05, 0) is 30.5 Å². The van der Waals surface area contributed by atoms with E-state index in [9.17, 15) is 9.18 Å². The second kappa shape index (κ2) is 5.00. The summed E-state index contributed by atoms with van der Waals surface area (Å²) in [5, 5.41) is 2.78. The van der Waals surface area contributed by atoms with E-state index in [1.807, 2.05) is 38.1 Å². The van der Waals surface area contributed by atoms with Crippen LogP contribution in [0.5, 0.6) is 0 Å². The van der Waals surface area contributed by atoms with Gasteiger partial charge in [-0.25, -0.2) is 0 Å². The molecule has 0 spiro atoms. The molecule has 3 atom stereocenters. The minimum Gasteiger partial charge on any atom is -0.355 e. The number of hydrogen-bond acceptors (Lipinski definition) is 1. The van der Waals surface area contributed by atoms with Crippen LogP contribution in [-0.4, -0.2) is 19.1 Å². The Labute approximate surface area is 115 Å². The van der Waals surface area contributed by atoms with Crippen LogP contribution in [0.3, 0.4) is 0 Å². The molecular formula is C14H17BrFNO. The normalized spacial score (nSPS) is 29.1. The van der Waals surface area contributed by atoms with Crippen LogP contribution in [0.25, 0.3) is 0 Å². The average Bonchev–Trinajstić information content (AvgIpc) is 2.67. The number of hydrogen-bond donors (Lipinski definition) is 1. The number of rotatable bonds is 3. The van der Waals surface area contributed by atoms with Crippen molar-refractivity contribution in [2.24, 2.45) is 11.3 Å². The van der Waals surface area contributed by atoms with Crippen molar-refractivity contribution in [1.82, 2.24) is 5.32 Å². The lowest BCUT2D eigenvalue weighted by molar-refractivity contribution is -0.129. The van der Waals surface area contributed by atoms with Crippen molar-refractivity contribution in [3.05, 3.63) is 34.3 Å². The smallest absolute Gasteiger partial charge is 0.227 e. The lowest BCUT2D eigenvalue weighted by Gasteiger charge is -2.33. The van der Waals surface area contributed by atoms with Crippen LogP contribution in [0.2, 0.25) is 0 Å². The van der Waals surface area contributed by atoms with Crippen molar-refractivity contribution in [2.75, 3.05) is 13.2 Å². The van der Waals surface area contributed by atoms with Crippen molar-refractivity contribution in [3.8, 4) is 0 Å². The molecular weight excluding hydrogens is 297 g/mol. The average molecular weight is 314 g/mol. The monoisotopic (exact) mass is 313 g/mol. The van der Waals surface area contributed by atoms with Gasteiger partial charge in [-0.3, -0.25) is 9.18 Å². The largest absolute Gasteiger partial charge is 0.355 e. The zero-order chi connectivity index (χ0) is 13.3. The van der Waals surface area contributed by atoms with Crippen LogP contribution >= 0.6 is 15.9 Å². The molecule has 1 saturated heterocycles. The van der Waals surface area contributed by atoms with Crippen molar-refractivity contribution < 1.29 is 9.18 Å². The van der Waals surface area contributed by atoms with E-state index in [-0.39, 0.29) is 17.7 Å². The predicted molar refractivity (Wildman–Crippen MR) is 73.1 cm³/mol. The molecule has 1 aromatic rings. The summed E-state index contributed by atoms with van der Waals surface area (Å²) < 4.78 is 14.1. The summed E-state index contributed by atoms with van der Waals surface area (Å²) in [6, 6.07) is 7.88. The fourth-order valence-corrected chi connectivity index (χ4v) is 2.93. The third-order valence-corrected chi connectivity index (χ3v) is 4.83. The number of alkyl halides is 1. The van der Waals surface area contributed by atoms with Gasteiger partial charge in [-0.2, -0.15) is 0 Å². The molecule has 1 aliphatic rings. The molecule has 0 aromatic heterocycles. The van der Waals surface area contributed by atoms with Gasteiger partial charge in [0.25, 0.3) is 0 Å². The lowest BCUT2D eigenvalue weighted by Crippen LogP contribution is -2.37. The minimum atomic E-state index is -0.664. The molecule has 18 heavy (non-hydrogen) atoms. The zero-order valence-electron chi connectivity index (χ0n) is 10.5. The molecule has 0 bridgehead atoms. The highest BCUT2D eigenvalue weighted by Crippen LogP contribution is 2.45. The molecule has 2 rings (SSSR count). The third kappa shape index (κ3) is 2.07. The van der Waals surface area contributed by atoms with E-state index < -0.39 is 12.1 Å². The number of carbonyl (C=O) groups excluding carboxylic acids is 1. The van der Waals surface area contributed by atoms with Crippen molar-refractivity contribution in [2.45, 2.75) is 19.8 Å². The predicted octanol–water partition coefficient (Wildman–Crippen LogP) is 3.27. The molecule has 0 radical (unpaired) electrons. The Morgan fingerprint density at radius 3 is 2.67 bits per heavy atom. The Hall–Kier alpha value is -0.900. The van der Waals surface area contributed by atoms with E-state index in [2.05, 4.69) is 21.2 Å². The Morgan fingerprint density at radius 1 is 1.50 bits per heavy atom. The van der Waals surface area contributed by atoms with Crippen molar-refractivity contribution in [3.63, 3.8) is 0 Å². The van der Waals surface area contributed by atoms with Gasteiger partial charge in [0.2, 0.25) is 5.91 Å². The van der Waals surface area contributed by atoms with E-state index in [4.69, 9.17) is 0 Å². The maximum atomic E-state index is 13.1. The van der Waals surface area contributed by atoms with Crippen LogP contribution in [0.4, 0.5) is 4.39 Å². The Morgan fingerprint density at radius 2 is 2.11 bits per heavy atom. The number of amides is 1. The zero-order valence-corrected chi connectivity index (χ0v) is 12.1. The van der Waals surface area contributed by atoms with Gasteiger partial charge in [-0.1, -0.05) is 35.0 Å². The maximum absolute atomic E-state index is 13.1. The first kappa shape index (κ1) is 13.5. The van der Waals surface area contributed by atoms with E-state index in [0.717, 1.165) is 10.0 Å². The molecule has 1 fully saturated rings. The summed E-state index contributed by atoms with van der Waals surface area (Å²) >= 11 is 3.39. The van der Waals surface area contributed by atoms with Gasteiger partial charge in [-0.15, -0.1) is 0 Å². The topological polar surface area (TPSA) is 29.1 Å². The maximum Gasteiger partial charge on any atom is 0.227 e. The number of benzene rings is 1. The number of halogens is 2. The lowest BCUT2D eigenvalue weighted by atomic mass is 9.68. The molecule has 1 heterocycles. The van der Waals surface area contributed by atoms with Crippen LogP contribution in [0.1, 0.15) is 25.3 Å². The van der Waals surface area contributed by atoms with E-state index >= 15 is 0 Å². The first-order chi connectivity index (χ1) is 8.50. The highest BCUT2D eigenvalue weighted by atomic mass is 79.9. The minimum absolute atomic E-state index is 0.00569. The highest BCUT2D eigenvalue weighted by Gasteiger charge is 2.50. The quantitative estimate of drug-likeness (QED) is 0.911. The first-order valence-corrected chi connectivity index (χ1v) is 6.89. The molecule has 98 valence electrons. The van der Waals surface area contributed by atoms with Gasteiger partial charge >= 0.3 is 0 Å². The van der Waals surface area contributed by atoms with Crippen LogP contribution in [0, 0.1) is 11.3 Å². The standard InChI is InChI=1S/C14H17BrFNO/c1-9(10-3-5-12(15)6-4-10)14(2)11(7-16)8-17-13(14)18/h3-6,9,11H,7-8H2,1-2H3,(H,17,18)/t9?,11-,14+/m0/s1. The number of nitrogens with one attached hydrogen (secondary N) is 1. The highest BCUT2D eigenvalue weighted by molar-refractivity contribution is 9.10. The Balaban J connectivity index is 2.33. The molecule has 1 unspecified atom stereocenters. The summed E-state index contributed by atoms with van der Waals surface area (Å²) in [7, 11) is 0. The summed E-state index contributed by atoms with van der Waals surface area (Å²) in [6.45, 7) is 3.84. The van der Waals surface area contributed by atoms with E-state index in [0.29, 0.717) is 6.54 Å². The fraction of sp³-hybridized carbons (Fsp3) is 0.500. The molecule has 1 aromatic carbocycles. The van der Waals surface area contributed by atoms with Gasteiger partial charge < -0.3 is 5.32 Å². The summed E-state index contributed by atoms with van der Waals surface area (Å²) in [5.41, 5.74) is 0.402. The molecule has 1 N–H and O–H groups in total. The molecule has 0 aliphatic carbocycles. The third-order valence-electron chi connectivity index (χ3n) is 4.30. The first-order valence-electron chi connectivity index (χ1n) is 6.10. The van der Waals surface area contributed by atoms with Gasteiger partial charge in [0.05, 0.1) is 12.1 Å². The summed E-state index contributed by atoms with van der Waals surface area (Å²) in [6.07, 6.45) is 0. The molecule has 0 saturated carbocycles. The second-order valence-corrected chi connectivity index (χ2v) is 6.03. The Bertz CT molecular complexity index is 448. The number of carbonyl (C=O) groups is 1. The SMILES string of the molecule is CC(c1ccc(Br)cc1)[C@@]1(C)C(=O)NC[C@@H]1CF. The van der Waals surface area contributed by atoms with Crippen LogP contribution < -0.4 is 5.32 Å². The van der Waals surface area contributed by atoms with Crippen LogP contribution in [-0.2, 0) is 4.79 Å². The van der Waals surface area contributed by atoms with Gasteiger partial charge in [0.15, 0.2) is 0 Å².